The second-order valence-corrected chi connectivity index (χ2v) is 6.73. The molecule has 0 radical (unpaired) electrons. The number of aromatic nitrogens is 2. The van der Waals surface area contributed by atoms with Gasteiger partial charge in [-0.25, -0.2) is 0 Å². The van der Waals surface area contributed by atoms with Crippen molar-refractivity contribution in [3.05, 3.63) is 68.4 Å². The largest absolute Gasteiger partial charge is 0.334 e. The number of hydrogen-bond acceptors (Lipinski definition) is 5. The van der Waals surface area contributed by atoms with Gasteiger partial charge in [-0.1, -0.05) is 52.1 Å². The van der Waals surface area contributed by atoms with Crippen molar-refractivity contribution in [3.8, 4) is 11.5 Å². The monoisotopic (exact) mass is 407 g/mol. The first-order chi connectivity index (χ1) is 12.5. The lowest BCUT2D eigenvalue weighted by atomic mass is 10.1. The molecule has 0 unspecified atom stereocenters. The van der Waals surface area contributed by atoms with Gasteiger partial charge in [0.05, 0.1) is 38.3 Å². The number of imide groups is 1. The van der Waals surface area contributed by atoms with E-state index in [1.165, 1.54) is 12.1 Å². The summed E-state index contributed by atoms with van der Waals surface area (Å²) < 4.78 is 5.19. The average Bonchev–Trinajstić information content (AvgIpc) is 3.16. The van der Waals surface area contributed by atoms with Gasteiger partial charge in [0, 0.05) is 0 Å². The summed E-state index contributed by atoms with van der Waals surface area (Å²) in [6.45, 7) is -0.143. The van der Waals surface area contributed by atoms with E-state index in [1.807, 2.05) is 0 Å². The second-order valence-electron chi connectivity index (χ2n) is 5.50. The van der Waals surface area contributed by atoms with Crippen molar-refractivity contribution in [2.75, 3.05) is 0 Å². The van der Waals surface area contributed by atoms with Gasteiger partial charge >= 0.3 is 0 Å². The molecule has 0 aliphatic carbocycles. The number of halogens is 3. The molecule has 2 heterocycles. The molecule has 1 aliphatic rings. The van der Waals surface area contributed by atoms with E-state index >= 15 is 0 Å². The Morgan fingerprint density at radius 1 is 0.885 bits per heavy atom. The zero-order valence-electron chi connectivity index (χ0n) is 12.9. The van der Waals surface area contributed by atoms with E-state index in [9.17, 15) is 9.59 Å². The average molecular weight is 409 g/mol. The Balaban J connectivity index is 1.62. The molecule has 26 heavy (non-hydrogen) atoms. The minimum Gasteiger partial charge on any atom is -0.334 e. The highest BCUT2D eigenvalue weighted by Gasteiger charge is 2.37. The van der Waals surface area contributed by atoms with Gasteiger partial charge in [0.15, 0.2) is 5.82 Å². The Kier molecular flexibility index (Phi) is 4.19. The van der Waals surface area contributed by atoms with Crippen LogP contribution in [0, 0.1) is 0 Å². The highest BCUT2D eigenvalue weighted by atomic mass is 35.5. The first-order valence-electron chi connectivity index (χ1n) is 7.38. The number of amides is 2. The van der Waals surface area contributed by atoms with Gasteiger partial charge in [-0.3, -0.25) is 14.5 Å². The van der Waals surface area contributed by atoms with E-state index in [0.29, 0.717) is 10.6 Å². The van der Waals surface area contributed by atoms with Crippen LogP contribution in [0.1, 0.15) is 26.5 Å². The van der Waals surface area contributed by atoms with E-state index in [0.717, 1.165) is 4.90 Å². The van der Waals surface area contributed by atoms with Crippen molar-refractivity contribution in [3.63, 3.8) is 0 Å². The number of carbonyl (C=O) groups is 2. The minimum atomic E-state index is -0.493. The maximum absolute atomic E-state index is 12.5. The number of nitrogens with zero attached hydrogens (tertiary/aromatic N) is 3. The molecule has 0 bridgehead atoms. The molecule has 4 rings (SSSR count). The third-order valence-electron chi connectivity index (χ3n) is 3.88. The molecule has 2 amide bonds. The fourth-order valence-corrected chi connectivity index (χ4v) is 3.17. The van der Waals surface area contributed by atoms with Crippen LogP contribution in [-0.4, -0.2) is 26.9 Å². The van der Waals surface area contributed by atoms with Crippen LogP contribution in [0.4, 0.5) is 0 Å². The zero-order valence-corrected chi connectivity index (χ0v) is 15.1. The van der Waals surface area contributed by atoms with Crippen LogP contribution in [0.5, 0.6) is 0 Å². The maximum atomic E-state index is 12.5. The molecular weight excluding hydrogens is 401 g/mol. The van der Waals surface area contributed by atoms with Gasteiger partial charge in [-0.15, -0.1) is 0 Å². The molecule has 3 aromatic rings. The van der Waals surface area contributed by atoms with Crippen molar-refractivity contribution in [1.82, 2.24) is 15.0 Å². The molecule has 6 nitrogen and oxygen atoms in total. The molecule has 2 aromatic carbocycles. The molecule has 0 saturated carbocycles. The molecule has 0 saturated heterocycles. The topological polar surface area (TPSA) is 76.3 Å². The number of fused-ring (bicyclic) bond motifs is 1. The van der Waals surface area contributed by atoms with E-state index in [1.54, 1.807) is 24.3 Å². The van der Waals surface area contributed by atoms with Crippen molar-refractivity contribution in [2.24, 2.45) is 0 Å². The lowest BCUT2D eigenvalue weighted by Crippen LogP contribution is -2.29. The normalized spacial score (nSPS) is 13.4. The molecule has 130 valence electrons. The minimum absolute atomic E-state index is 0.143. The molecule has 1 aliphatic heterocycles. The zero-order chi connectivity index (χ0) is 18.4. The highest BCUT2D eigenvalue weighted by molar-refractivity contribution is 6.43. The molecule has 0 N–H and O–H groups in total. The van der Waals surface area contributed by atoms with Crippen LogP contribution in [0.3, 0.4) is 0 Å². The molecule has 0 fully saturated rings. The van der Waals surface area contributed by atoms with Gasteiger partial charge in [-0.2, -0.15) is 4.98 Å². The SMILES string of the molecule is O=C1c2cc(Cl)c(Cl)cc2C(=O)N1Cc1noc(-c2ccccc2Cl)n1. The standard InChI is InChI=1S/C17H8Cl3N3O3/c18-11-4-2-1-3-8(11)15-21-14(22-26-15)7-23-16(24)9-5-12(19)13(20)6-10(9)17(23)25/h1-6H,7H2. The van der Waals surface area contributed by atoms with E-state index in [-0.39, 0.29) is 39.4 Å². The number of rotatable bonds is 3. The Morgan fingerprint density at radius 3 is 2.12 bits per heavy atom. The lowest BCUT2D eigenvalue weighted by Gasteiger charge is -2.10. The summed E-state index contributed by atoms with van der Waals surface area (Å²) in [7, 11) is 0. The number of hydrogen-bond donors (Lipinski definition) is 0. The number of benzene rings is 2. The quantitative estimate of drug-likeness (QED) is 0.597. The van der Waals surface area contributed by atoms with Crippen LogP contribution >= 0.6 is 34.8 Å². The number of carbonyl (C=O) groups excluding carboxylic acids is 2. The van der Waals surface area contributed by atoms with E-state index in [4.69, 9.17) is 39.3 Å². The smallest absolute Gasteiger partial charge is 0.262 e. The van der Waals surface area contributed by atoms with E-state index < -0.39 is 11.8 Å². The van der Waals surface area contributed by atoms with Gasteiger partial charge in [0.25, 0.3) is 17.7 Å². The molecule has 0 spiro atoms. The van der Waals surface area contributed by atoms with E-state index in [2.05, 4.69) is 10.1 Å². The summed E-state index contributed by atoms with van der Waals surface area (Å²) in [6.07, 6.45) is 0. The van der Waals surface area contributed by atoms with Crippen LogP contribution in [0.25, 0.3) is 11.5 Å². The Hall–Kier alpha value is -2.41. The van der Waals surface area contributed by atoms with Gasteiger partial charge < -0.3 is 4.52 Å². The molecule has 9 heteroatoms. The second kappa shape index (κ2) is 6.39. The molecular formula is C17H8Cl3N3O3. The predicted molar refractivity (Wildman–Crippen MR) is 95.4 cm³/mol. The highest BCUT2D eigenvalue weighted by Crippen LogP contribution is 2.32. The molecule has 0 atom stereocenters. The summed E-state index contributed by atoms with van der Waals surface area (Å²) in [5.74, 6) is -0.611. The fourth-order valence-electron chi connectivity index (χ4n) is 2.63. The van der Waals surface area contributed by atoms with Crippen LogP contribution < -0.4 is 0 Å². The van der Waals surface area contributed by atoms with Crippen molar-refractivity contribution >= 4 is 46.6 Å². The fraction of sp³-hybridized carbons (Fsp3) is 0.0588. The van der Waals surface area contributed by atoms with Crippen LogP contribution in [0.15, 0.2) is 40.9 Å². The maximum Gasteiger partial charge on any atom is 0.262 e. The Labute approximate surface area is 162 Å². The van der Waals surface area contributed by atoms with Crippen molar-refractivity contribution in [2.45, 2.75) is 6.54 Å². The first kappa shape index (κ1) is 17.0. The van der Waals surface area contributed by atoms with Crippen molar-refractivity contribution < 1.29 is 14.1 Å². The van der Waals surface area contributed by atoms with Gasteiger partial charge in [0.2, 0.25) is 0 Å². The Bertz CT molecular complexity index is 1020. The van der Waals surface area contributed by atoms with Gasteiger partial charge in [0.1, 0.15) is 0 Å². The third kappa shape index (κ3) is 2.76. The summed E-state index contributed by atoms with van der Waals surface area (Å²) in [4.78, 5) is 30.2. The van der Waals surface area contributed by atoms with Crippen molar-refractivity contribution in [1.29, 1.82) is 0 Å². The summed E-state index contributed by atoms with van der Waals surface area (Å²) >= 11 is 18.0. The summed E-state index contributed by atoms with van der Waals surface area (Å²) in [5, 5.41) is 4.68. The molecule has 1 aromatic heterocycles. The first-order valence-corrected chi connectivity index (χ1v) is 8.52. The summed E-state index contributed by atoms with van der Waals surface area (Å²) in [6, 6.07) is 9.74. The summed E-state index contributed by atoms with van der Waals surface area (Å²) in [5.41, 5.74) is 0.951. The Morgan fingerprint density at radius 2 is 1.50 bits per heavy atom. The van der Waals surface area contributed by atoms with Crippen LogP contribution in [-0.2, 0) is 6.54 Å². The lowest BCUT2D eigenvalue weighted by molar-refractivity contribution is 0.0637. The van der Waals surface area contributed by atoms with Gasteiger partial charge in [-0.05, 0) is 24.3 Å². The third-order valence-corrected chi connectivity index (χ3v) is 4.94. The predicted octanol–water partition coefficient (Wildman–Crippen LogP) is 4.49. The van der Waals surface area contributed by atoms with Crippen LogP contribution in [0.2, 0.25) is 15.1 Å².